The highest BCUT2D eigenvalue weighted by Gasteiger charge is 2.60. The molecule has 1 N–H and O–H groups in total. The third kappa shape index (κ3) is 2.88. The number of amides is 1. The van der Waals surface area contributed by atoms with Crippen molar-refractivity contribution in [2.45, 2.75) is 57.4 Å². The Labute approximate surface area is 161 Å². The van der Waals surface area contributed by atoms with E-state index in [1.165, 1.54) is 30.4 Å². The van der Waals surface area contributed by atoms with E-state index in [1.54, 1.807) is 12.4 Å². The van der Waals surface area contributed by atoms with Gasteiger partial charge in [-0.1, -0.05) is 29.8 Å². The molecule has 2 aromatic rings. The summed E-state index contributed by atoms with van der Waals surface area (Å²) in [6.07, 6.45) is 10.6. The van der Waals surface area contributed by atoms with E-state index in [-0.39, 0.29) is 16.7 Å². The first kappa shape index (κ1) is 17.0. The second-order valence-electron chi connectivity index (χ2n) is 9.43. The number of carbonyl (C=O) groups is 1. The topological polar surface area (TPSA) is 42.0 Å². The zero-order chi connectivity index (χ0) is 18.5. The number of pyridine rings is 1. The Hall–Kier alpha value is -2.16. The molecule has 2 unspecified atom stereocenters. The van der Waals surface area contributed by atoms with Crippen LogP contribution in [0.2, 0.25) is 0 Å². The standard InChI is InChI=1S/C24H28N2O/c1-17-2-4-21(5-3-17)23-11-19-10-20(12-23)14-24(13-19,16-23)22(27)26-15-18-6-8-25-9-7-18/h2-9,19-20H,10-16H2,1H3,(H,26,27). The number of rotatable bonds is 4. The minimum Gasteiger partial charge on any atom is -0.352 e. The van der Waals surface area contributed by atoms with Crippen molar-refractivity contribution in [3.05, 3.63) is 65.5 Å². The van der Waals surface area contributed by atoms with Gasteiger partial charge in [0.05, 0.1) is 5.41 Å². The van der Waals surface area contributed by atoms with Gasteiger partial charge in [-0.3, -0.25) is 9.78 Å². The monoisotopic (exact) mass is 360 g/mol. The summed E-state index contributed by atoms with van der Waals surface area (Å²) in [6, 6.07) is 13.1. The van der Waals surface area contributed by atoms with Crippen LogP contribution in [0.25, 0.3) is 0 Å². The minimum atomic E-state index is -0.165. The van der Waals surface area contributed by atoms with Gasteiger partial charge in [-0.2, -0.15) is 0 Å². The molecule has 0 spiro atoms. The van der Waals surface area contributed by atoms with Crippen LogP contribution in [-0.2, 0) is 16.8 Å². The van der Waals surface area contributed by atoms with Crippen LogP contribution in [-0.4, -0.2) is 10.9 Å². The average Bonchev–Trinajstić information content (AvgIpc) is 2.66. The molecule has 0 aliphatic heterocycles. The SMILES string of the molecule is Cc1ccc(C23CC4CC(CC(C(=O)NCc5ccncc5)(C4)C2)C3)cc1. The molecule has 4 aliphatic carbocycles. The van der Waals surface area contributed by atoms with Gasteiger partial charge < -0.3 is 5.32 Å². The molecule has 4 saturated carbocycles. The van der Waals surface area contributed by atoms with Crippen molar-refractivity contribution in [2.75, 3.05) is 0 Å². The van der Waals surface area contributed by atoms with Gasteiger partial charge in [-0.15, -0.1) is 0 Å². The van der Waals surface area contributed by atoms with Crippen molar-refractivity contribution < 1.29 is 4.79 Å². The molecule has 3 heteroatoms. The van der Waals surface area contributed by atoms with Crippen LogP contribution in [0.4, 0.5) is 0 Å². The Morgan fingerprint density at radius 3 is 2.37 bits per heavy atom. The van der Waals surface area contributed by atoms with Crippen molar-refractivity contribution in [3.63, 3.8) is 0 Å². The van der Waals surface area contributed by atoms with Gasteiger partial charge in [0.1, 0.15) is 0 Å². The molecule has 4 bridgehead atoms. The number of carbonyl (C=O) groups excluding carboxylic acids is 1. The molecule has 140 valence electrons. The Balaban J connectivity index is 1.41. The van der Waals surface area contributed by atoms with Crippen molar-refractivity contribution in [1.82, 2.24) is 10.3 Å². The fraction of sp³-hybridized carbons (Fsp3) is 0.500. The Kier molecular flexibility index (Phi) is 3.89. The number of hydrogen-bond donors (Lipinski definition) is 1. The number of benzene rings is 1. The quantitative estimate of drug-likeness (QED) is 0.869. The highest BCUT2D eigenvalue weighted by Crippen LogP contribution is 2.65. The molecule has 1 aromatic heterocycles. The number of aryl methyl sites for hydroxylation is 1. The molecule has 1 heterocycles. The van der Waals surface area contributed by atoms with Gasteiger partial charge in [-0.25, -0.2) is 0 Å². The molecule has 4 aliphatic rings. The fourth-order valence-corrected chi connectivity index (χ4v) is 6.64. The minimum absolute atomic E-state index is 0.165. The molecule has 1 amide bonds. The van der Waals surface area contributed by atoms with Crippen LogP contribution in [0.1, 0.15) is 55.2 Å². The van der Waals surface area contributed by atoms with Gasteiger partial charge in [0.15, 0.2) is 0 Å². The first-order valence-corrected chi connectivity index (χ1v) is 10.3. The smallest absolute Gasteiger partial charge is 0.226 e. The Bertz CT molecular complexity index is 828. The van der Waals surface area contributed by atoms with Crippen LogP contribution in [0.3, 0.4) is 0 Å². The third-order valence-corrected chi connectivity index (χ3v) is 7.41. The van der Waals surface area contributed by atoms with E-state index in [4.69, 9.17) is 0 Å². The van der Waals surface area contributed by atoms with Gasteiger partial charge in [0.2, 0.25) is 5.91 Å². The summed E-state index contributed by atoms with van der Waals surface area (Å²) >= 11 is 0. The van der Waals surface area contributed by atoms with Gasteiger partial charge in [0.25, 0.3) is 0 Å². The summed E-state index contributed by atoms with van der Waals surface area (Å²) in [6.45, 7) is 2.76. The number of hydrogen-bond acceptors (Lipinski definition) is 2. The van der Waals surface area contributed by atoms with E-state index in [1.807, 2.05) is 12.1 Å². The lowest BCUT2D eigenvalue weighted by Crippen LogP contribution is -2.59. The molecular weight excluding hydrogens is 332 g/mol. The van der Waals surface area contributed by atoms with Crippen molar-refractivity contribution in [1.29, 1.82) is 0 Å². The summed E-state index contributed by atoms with van der Waals surface area (Å²) in [4.78, 5) is 17.4. The van der Waals surface area contributed by atoms with Crippen LogP contribution in [0.15, 0.2) is 48.8 Å². The maximum absolute atomic E-state index is 13.4. The van der Waals surface area contributed by atoms with E-state index in [0.717, 1.165) is 24.8 Å². The summed E-state index contributed by atoms with van der Waals surface area (Å²) in [5.74, 6) is 1.70. The van der Waals surface area contributed by atoms with Crippen molar-refractivity contribution in [3.8, 4) is 0 Å². The predicted octanol–water partition coefficient (Wildman–Crippen LogP) is 4.54. The molecule has 4 fully saturated rings. The second-order valence-corrected chi connectivity index (χ2v) is 9.43. The van der Waals surface area contributed by atoms with Gasteiger partial charge in [-0.05, 0) is 86.0 Å². The number of nitrogens with zero attached hydrogens (tertiary/aromatic N) is 1. The molecule has 0 saturated heterocycles. The highest BCUT2D eigenvalue weighted by molar-refractivity contribution is 5.83. The maximum atomic E-state index is 13.4. The largest absolute Gasteiger partial charge is 0.352 e. The van der Waals surface area contributed by atoms with Gasteiger partial charge in [0, 0.05) is 18.9 Å². The van der Waals surface area contributed by atoms with E-state index < -0.39 is 0 Å². The van der Waals surface area contributed by atoms with Crippen LogP contribution >= 0.6 is 0 Å². The van der Waals surface area contributed by atoms with Crippen LogP contribution in [0, 0.1) is 24.2 Å². The molecule has 27 heavy (non-hydrogen) atoms. The van der Waals surface area contributed by atoms with Crippen LogP contribution < -0.4 is 5.32 Å². The molecular formula is C24H28N2O. The molecule has 2 atom stereocenters. The zero-order valence-electron chi connectivity index (χ0n) is 16.1. The Morgan fingerprint density at radius 2 is 1.70 bits per heavy atom. The maximum Gasteiger partial charge on any atom is 0.226 e. The average molecular weight is 361 g/mol. The summed E-state index contributed by atoms with van der Waals surface area (Å²) in [5, 5.41) is 3.27. The van der Waals surface area contributed by atoms with Gasteiger partial charge >= 0.3 is 0 Å². The normalized spacial score (nSPS) is 33.8. The lowest BCUT2D eigenvalue weighted by molar-refractivity contribution is -0.149. The molecule has 0 radical (unpaired) electrons. The van der Waals surface area contributed by atoms with E-state index in [0.29, 0.717) is 18.4 Å². The summed E-state index contributed by atoms with van der Waals surface area (Å²) in [7, 11) is 0. The van der Waals surface area contributed by atoms with Crippen molar-refractivity contribution in [2.24, 2.45) is 17.3 Å². The summed E-state index contributed by atoms with van der Waals surface area (Å²) in [5.41, 5.74) is 3.95. The molecule has 6 rings (SSSR count). The van der Waals surface area contributed by atoms with E-state index in [2.05, 4.69) is 41.5 Å². The molecule has 3 nitrogen and oxygen atoms in total. The first-order chi connectivity index (χ1) is 13.1. The lowest BCUT2D eigenvalue weighted by atomic mass is 9.42. The number of nitrogens with one attached hydrogen (secondary N) is 1. The number of aromatic nitrogens is 1. The highest BCUT2D eigenvalue weighted by atomic mass is 16.2. The first-order valence-electron chi connectivity index (χ1n) is 10.3. The predicted molar refractivity (Wildman–Crippen MR) is 106 cm³/mol. The third-order valence-electron chi connectivity index (χ3n) is 7.41. The second kappa shape index (κ2) is 6.19. The van der Waals surface area contributed by atoms with E-state index in [9.17, 15) is 4.79 Å². The lowest BCUT2D eigenvalue weighted by Gasteiger charge is -2.61. The molecule has 1 aromatic carbocycles. The van der Waals surface area contributed by atoms with Crippen LogP contribution in [0.5, 0.6) is 0 Å². The fourth-order valence-electron chi connectivity index (χ4n) is 6.64. The van der Waals surface area contributed by atoms with Crippen molar-refractivity contribution >= 4 is 5.91 Å². The summed E-state index contributed by atoms with van der Waals surface area (Å²) < 4.78 is 0. The zero-order valence-corrected chi connectivity index (χ0v) is 16.1. The van der Waals surface area contributed by atoms with E-state index >= 15 is 0 Å². The Morgan fingerprint density at radius 1 is 1.04 bits per heavy atom.